The predicted octanol–water partition coefficient (Wildman–Crippen LogP) is -0.211. The summed E-state index contributed by atoms with van der Waals surface area (Å²) in [6.07, 6.45) is 2.05. The molecule has 76 valence electrons. The molecule has 1 saturated carbocycles. The molecule has 0 aliphatic heterocycles. The second kappa shape index (κ2) is 3.63. The summed E-state index contributed by atoms with van der Waals surface area (Å²) in [5.41, 5.74) is 0. The van der Waals surface area contributed by atoms with Gasteiger partial charge in [0.1, 0.15) is 0 Å². The van der Waals surface area contributed by atoms with Gasteiger partial charge >= 0.3 is 5.97 Å². The van der Waals surface area contributed by atoms with E-state index in [9.17, 15) is 13.2 Å². The van der Waals surface area contributed by atoms with Crippen LogP contribution in [0.15, 0.2) is 0 Å². The molecule has 1 atom stereocenters. The minimum Gasteiger partial charge on any atom is -0.480 e. The molecule has 1 aliphatic rings. The number of sulfonamides is 1. The Morgan fingerprint density at radius 3 is 2.54 bits per heavy atom. The van der Waals surface area contributed by atoms with Gasteiger partial charge in [-0.15, -0.1) is 0 Å². The smallest absolute Gasteiger partial charge is 0.320 e. The van der Waals surface area contributed by atoms with Crippen molar-refractivity contribution in [1.29, 1.82) is 0 Å². The third-order valence-electron chi connectivity index (χ3n) is 2.01. The number of hydrogen-bond acceptors (Lipinski definition) is 3. The first-order chi connectivity index (χ1) is 5.91. The molecule has 0 aromatic rings. The fourth-order valence-electron chi connectivity index (χ4n) is 1.18. The molecule has 0 amide bonds. The zero-order valence-corrected chi connectivity index (χ0v) is 8.17. The molecule has 2 N–H and O–H groups in total. The molecule has 1 unspecified atom stereocenters. The Morgan fingerprint density at radius 2 is 2.15 bits per heavy atom. The third-order valence-corrected chi connectivity index (χ3v) is 3.37. The summed E-state index contributed by atoms with van der Waals surface area (Å²) in [6, 6.07) is -0.135. The second-order valence-corrected chi connectivity index (χ2v) is 5.15. The average Bonchev–Trinajstić information content (AvgIpc) is 2.60. The van der Waals surface area contributed by atoms with Gasteiger partial charge in [-0.25, -0.2) is 13.1 Å². The molecule has 1 aliphatic carbocycles. The monoisotopic (exact) mass is 207 g/mol. The number of nitrogens with one attached hydrogen (secondary N) is 1. The van der Waals surface area contributed by atoms with E-state index in [1.54, 1.807) is 6.92 Å². The van der Waals surface area contributed by atoms with Crippen LogP contribution in [-0.4, -0.2) is 31.3 Å². The minimum absolute atomic E-state index is 0.135. The predicted molar refractivity (Wildman–Crippen MR) is 46.7 cm³/mol. The Kier molecular flexibility index (Phi) is 2.92. The summed E-state index contributed by atoms with van der Waals surface area (Å²) in [4.78, 5) is 10.2. The highest BCUT2D eigenvalue weighted by molar-refractivity contribution is 7.90. The van der Waals surface area contributed by atoms with Crippen LogP contribution in [0.4, 0.5) is 0 Å². The van der Waals surface area contributed by atoms with Crippen molar-refractivity contribution in [3.8, 4) is 0 Å². The maximum absolute atomic E-state index is 11.1. The van der Waals surface area contributed by atoms with Gasteiger partial charge in [-0.05, 0) is 25.7 Å². The normalized spacial score (nSPS) is 19.8. The van der Waals surface area contributed by atoms with Crippen LogP contribution in [0.1, 0.15) is 19.8 Å². The van der Waals surface area contributed by atoms with Crippen molar-refractivity contribution >= 4 is 16.0 Å². The molecule has 0 heterocycles. The summed E-state index contributed by atoms with van der Waals surface area (Å²) < 4.78 is 24.5. The SMILES string of the molecule is CC(NS(=O)(=O)CC(=O)O)C1CC1. The van der Waals surface area contributed by atoms with E-state index >= 15 is 0 Å². The number of aliphatic carboxylic acids is 1. The van der Waals surface area contributed by atoms with Crippen molar-refractivity contribution in [2.45, 2.75) is 25.8 Å². The lowest BCUT2D eigenvalue weighted by molar-refractivity contribution is -0.134. The molecular weight excluding hydrogens is 194 g/mol. The van der Waals surface area contributed by atoms with E-state index in [4.69, 9.17) is 5.11 Å². The first-order valence-electron chi connectivity index (χ1n) is 4.12. The van der Waals surface area contributed by atoms with Gasteiger partial charge < -0.3 is 5.11 Å². The van der Waals surface area contributed by atoms with Gasteiger partial charge in [0.15, 0.2) is 5.75 Å². The van der Waals surface area contributed by atoms with E-state index in [0.717, 1.165) is 12.8 Å². The summed E-state index contributed by atoms with van der Waals surface area (Å²) in [5, 5.41) is 8.30. The lowest BCUT2D eigenvalue weighted by Crippen LogP contribution is -2.37. The molecule has 13 heavy (non-hydrogen) atoms. The van der Waals surface area contributed by atoms with Crippen LogP contribution in [0, 0.1) is 5.92 Å². The fourth-order valence-corrected chi connectivity index (χ4v) is 2.35. The van der Waals surface area contributed by atoms with Crippen molar-refractivity contribution in [3.63, 3.8) is 0 Å². The molecule has 0 aromatic heterocycles. The lowest BCUT2D eigenvalue weighted by atomic mass is 10.2. The number of carboxylic acid groups (broad SMARTS) is 1. The van der Waals surface area contributed by atoms with Gasteiger partial charge in [-0.2, -0.15) is 0 Å². The summed E-state index contributed by atoms with van der Waals surface area (Å²) in [6.45, 7) is 1.76. The molecule has 0 radical (unpaired) electrons. The molecule has 0 spiro atoms. The summed E-state index contributed by atoms with van der Waals surface area (Å²) in [5.74, 6) is -1.77. The Hall–Kier alpha value is -0.620. The molecule has 1 fully saturated rings. The van der Waals surface area contributed by atoms with Crippen LogP contribution in [-0.2, 0) is 14.8 Å². The molecule has 1 rings (SSSR count). The topological polar surface area (TPSA) is 83.5 Å². The van der Waals surface area contributed by atoms with E-state index in [2.05, 4.69) is 4.72 Å². The van der Waals surface area contributed by atoms with E-state index in [1.165, 1.54) is 0 Å². The summed E-state index contributed by atoms with van der Waals surface area (Å²) >= 11 is 0. The minimum atomic E-state index is -3.63. The second-order valence-electron chi connectivity index (χ2n) is 3.40. The van der Waals surface area contributed by atoms with Crippen molar-refractivity contribution in [3.05, 3.63) is 0 Å². The van der Waals surface area contributed by atoms with Gasteiger partial charge in [0.05, 0.1) is 0 Å². The van der Waals surface area contributed by atoms with Gasteiger partial charge in [-0.3, -0.25) is 4.79 Å². The molecule has 6 heteroatoms. The Balaban J connectivity index is 2.45. The lowest BCUT2D eigenvalue weighted by Gasteiger charge is -2.11. The first-order valence-corrected chi connectivity index (χ1v) is 5.78. The van der Waals surface area contributed by atoms with Crippen molar-refractivity contribution in [1.82, 2.24) is 4.72 Å². The number of rotatable bonds is 5. The molecule has 5 nitrogen and oxygen atoms in total. The zero-order chi connectivity index (χ0) is 10.1. The van der Waals surface area contributed by atoms with Gasteiger partial charge in [-0.1, -0.05) is 0 Å². The van der Waals surface area contributed by atoms with Gasteiger partial charge in [0.2, 0.25) is 10.0 Å². The number of carboxylic acids is 1. The highest BCUT2D eigenvalue weighted by Crippen LogP contribution is 2.32. The van der Waals surface area contributed by atoms with Gasteiger partial charge in [0, 0.05) is 6.04 Å². The van der Waals surface area contributed by atoms with E-state index in [-0.39, 0.29) is 6.04 Å². The molecule has 0 aromatic carbocycles. The maximum Gasteiger partial charge on any atom is 0.320 e. The average molecular weight is 207 g/mol. The van der Waals surface area contributed by atoms with E-state index in [1.807, 2.05) is 0 Å². The van der Waals surface area contributed by atoms with Crippen molar-refractivity contribution < 1.29 is 18.3 Å². The zero-order valence-electron chi connectivity index (χ0n) is 7.36. The first kappa shape index (κ1) is 10.5. The summed E-state index contributed by atoms with van der Waals surface area (Å²) in [7, 11) is -3.63. The van der Waals surface area contributed by atoms with Crippen LogP contribution in [0.3, 0.4) is 0 Å². The van der Waals surface area contributed by atoms with Crippen molar-refractivity contribution in [2.75, 3.05) is 5.75 Å². The quantitative estimate of drug-likeness (QED) is 0.653. The van der Waals surface area contributed by atoms with Crippen LogP contribution < -0.4 is 4.72 Å². The number of carbonyl (C=O) groups is 1. The Morgan fingerprint density at radius 1 is 1.62 bits per heavy atom. The van der Waals surface area contributed by atoms with Crippen LogP contribution in [0.5, 0.6) is 0 Å². The Labute approximate surface area is 77.2 Å². The van der Waals surface area contributed by atoms with E-state index in [0.29, 0.717) is 5.92 Å². The standard InChI is InChI=1S/C7H13NO4S/c1-5(6-2-3-6)8-13(11,12)4-7(9)10/h5-6,8H,2-4H2,1H3,(H,9,10). The maximum atomic E-state index is 11.1. The molecule has 0 saturated heterocycles. The third kappa shape index (κ3) is 3.73. The highest BCUT2D eigenvalue weighted by Gasteiger charge is 2.31. The fraction of sp³-hybridized carbons (Fsp3) is 0.857. The van der Waals surface area contributed by atoms with Gasteiger partial charge in [0.25, 0.3) is 0 Å². The van der Waals surface area contributed by atoms with Crippen LogP contribution >= 0.6 is 0 Å². The van der Waals surface area contributed by atoms with Crippen LogP contribution in [0.25, 0.3) is 0 Å². The largest absolute Gasteiger partial charge is 0.480 e. The van der Waals surface area contributed by atoms with Crippen molar-refractivity contribution in [2.24, 2.45) is 5.92 Å². The Bertz CT molecular complexity index is 294. The molecule has 0 bridgehead atoms. The van der Waals surface area contributed by atoms with E-state index < -0.39 is 21.7 Å². The highest BCUT2D eigenvalue weighted by atomic mass is 32.2. The molecular formula is C7H13NO4S. The number of hydrogen-bond donors (Lipinski definition) is 2. The van der Waals surface area contributed by atoms with Crippen LogP contribution in [0.2, 0.25) is 0 Å².